The SMILES string of the molecule is C/C=C(\C#N)C(=O)N1CCC[C@@H](n2nc(-c3ccc(Oc4ccccc4)cc3)c3c(N)n[nH]c(=O)c32)C1. The molecule has 10 nitrogen and oxygen atoms in total. The number of piperidine rings is 1. The Bertz CT molecular complexity index is 1580. The number of nitrogens with two attached hydrogens (primary N) is 1. The highest BCUT2D eigenvalue weighted by Gasteiger charge is 2.30. The lowest BCUT2D eigenvalue weighted by molar-refractivity contribution is -0.128. The zero-order valence-corrected chi connectivity index (χ0v) is 20.2. The maximum atomic E-state index is 12.9. The van der Waals surface area contributed by atoms with Crippen LogP contribution in [-0.2, 0) is 4.79 Å². The van der Waals surface area contributed by atoms with E-state index in [4.69, 9.17) is 15.6 Å². The number of amides is 1. The van der Waals surface area contributed by atoms with Crippen LogP contribution < -0.4 is 16.0 Å². The average molecular weight is 496 g/mol. The molecule has 1 amide bonds. The fourth-order valence-electron chi connectivity index (χ4n) is 4.63. The maximum absolute atomic E-state index is 12.9. The molecule has 10 heteroatoms. The van der Waals surface area contributed by atoms with Gasteiger partial charge in [-0.25, -0.2) is 5.10 Å². The van der Waals surface area contributed by atoms with Crippen molar-refractivity contribution in [1.82, 2.24) is 24.9 Å². The number of benzene rings is 2. The molecule has 1 atom stereocenters. The fraction of sp³-hybridized carbons (Fsp3) is 0.222. The number of aromatic amines is 1. The average Bonchev–Trinajstić information content (AvgIpc) is 3.35. The van der Waals surface area contributed by atoms with Crippen LogP contribution >= 0.6 is 0 Å². The van der Waals surface area contributed by atoms with Crippen molar-refractivity contribution in [2.45, 2.75) is 25.8 Å². The number of carbonyl (C=O) groups excluding carboxylic acids is 1. The predicted octanol–water partition coefficient (Wildman–Crippen LogP) is 3.79. The molecule has 37 heavy (non-hydrogen) atoms. The number of nitrogens with one attached hydrogen (secondary N) is 1. The van der Waals surface area contributed by atoms with Crippen LogP contribution in [0.25, 0.3) is 22.2 Å². The molecule has 1 saturated heterocycles. The minimum absolute atomic E-state index is 0.0933. The Labute approximate surface area is 212 Å². The molecule has 5 rings (SSSR count). The van der Waals surface area contributed by atoms with Crippen LogP contribution in [0.15, 0.2) is 71.0 Å². The van der Waals surface area contributed by atoms with Crippen molar-refractivity contribution < 1.29 is 9.53 Å². The molecule has 3 heterocycles. The van der Waals surface area contributed by atoms with Gasteiger partial charge in [0.2, 0.25) is 0 Å². The van der Waals surface area contributed by atoms with Crippen LogP contribution in [0.1, 0.15) is 25.8 Å². The van der Waals surface area contributed by atoms with Gasteiger partial charge in [0.25, 0.3) is 11.5 Å². The maximum Gasteiger partial charge on any atom is 0.290 e. The van der Waals surface area contributed by atoms with Crippen molar-refractivity contribution in [3.8, 4) is 28.8 Å². The second-order valence-electron chi connectivity index (χ2n) is 8.76. The number of hydrogen-bond acceptors (Lipinski definition) is 7. The van der Waals surface area contributed by atoms with Gasteiger partial charge in [0.05, 0.1) is 11.4 Å². The first kappa shape index (κ1) is 23.8. The highest BCUT2D eigenvalue weighted by atomic mass is 16.5. The number of aromatic nitrogens is 4. The van der Waals surface area contributed by atoms with Gasteiger partial charge >= 0.3 is 0 Å². The smallest absolute Gasteiger partial charge is 0.290 e. The van der Waals surface area contributed by atoms with Crippen LogP contribution in [-0.4, -0.2) is 43.9 Å². The molecule has 2 aromatic heterocycles. The Morgan fingerprint density at radius 2 is 1.92 bits per heavy atom. The zero-order chi connectivity index (χ0) is 25.9. The minimum atomic E-state index is -0.415. The summed E-state index contributed by atoms with van der Waals surface area (Å²) < 4.78 is 7.54. The van der Waals surface area contributed by atoms with Crippen molar-refractivity contribution in [1.29, 1.82) is 5.26 Å². The number of allylic oxidation sites excluding steroid dienone is 1. The molecule has 4 aromatic rings. The number of rotatable bonds is 5. The van der Waals surface area contributed by atoms with E-state index in [9.17, 15) is 14.9 Å². The molecule has 2 aromatic carbocycles. The molecule has 186 valence electrons. The number of para-hydroxylation sites is 1. The van der Waals surface area contributed by atoms with Gasteiger partial charge in [0.15, 0.2) is 5.82 Å². The molecule has 1 aliphatic heterocycles. The highest BCUT2D eigenvalue weighted by molar-refractivity contribution is 6.00. The molecule has 0 radical (unpaired) electrons. The van der Waals surface area contributed by atoms with Gasteiger partial charge in [-0.1, -0.05) is 24.3 Å². The Kier molecular flexibility index (Phi) is 6.43. The second-order valence-corrected chi connectivity index (χ2v) is 8.76. The van der Waals surface area contributed by atoms with Gasteiger partial charge in [0.1, 0.15) is 34.4 Å². The van der Waals surface area contributed by atoms with E-state index in [1.807, 2.05) is 60.7 Å². The van der Waals surface area contributed by atoms with Crippen molar-refractivity contribution in [3.05, 3.63) is 76.6 Å². The number of H-pyrrole nitrogens is 1. The van der Waals surface area contributed by atoms with E-state index in [-0.39, 0.29) is 23.3 Å². The Hall–Kier alpha value is -4.91. The van der Waals surface area contributed by atoms with Crippen LogP contribution in [0.2, 0.25) is 0 Å². The van der Waals surface area contributed by atoms with Crippen LogP contribution in [0.3, 0.4) is 0 Å². The van der Waals surface area contributed by atoms with Crippen molar-refractivity contribution in [3.63, 3.8) is 0 Å². The minimum Gasteiger partial charge on any atom is -0.457 e. The van der Waals surface area contributed by atoms with Gasteiger partial charge in [-0.2, -0.15) is 15.5 Å². The summed E-state index contributed by atoms with van der Waals surface area (Å²) in [5.41, 5.74) is 7.47. The topological polar surface area (TPSA) is 143 Å². The predicted molar refractivity (Wildman–Crippen MR) is 139 cm³/mol. The number of anilines is 1. The first-order valence-corrected chi connectivity index (χ1v) is 12.0. The summed E-state index contributed by atoms with van der Waals surface area (Å²) in [6.45, 7) is 2.51. The third-order valence-electron chi connectivity index (χ3n) is 6.44. The van der Waals surface area contributed by atoms with Gasteiger partial charge in [0, 0.05) is 18.7 Å². The summed E-state index contributed by atoms with van der Waals surface area (Å²) in [6, 6.07) is 18.5. The number of carbonyl (C=O) groups is 1. The largest absolute Gasteiger partial charge is 0.457 e. The van der Waals surface area contributed by atoms with E-state index < -0.39 is 5.56 Å². The van der Waals surface area contributed by atoms with E-state index in [1.54, 1.807) is 16.5 Å². The number of fused-ring (bicyclic) bond motifs is 1. The van der Waals surface area contributed by atoms with Crippen molar-refractivity contribution in [2.24, 2.45) is 0 Å². The van der Waals surface area contributed by atoms with Gasteiger partial charge in [-0.3, -0.25) is 14.3 Å². The molecular formula is C27H25N7O3. The number of nitrogen functional groups attached to an aromatic ring is 1. The lowest BCUT2D eigenvalue weighted by Crippen LogP contribution is -2.41. The number of nitriles is 1. The van der Waals surface area contributed by atoms with E-state index >= 15 is 0 Å². The fourth-order valence-corrected chi connectivity index (χ4v) is 4.63. The lowest BCUT2D eigenvalue weighted by atomic mass is 10.0. The van der Waals surface area contributed by atoms with Crippen LogP contribution in [0, 0.1) is 11.3 Å². The summed E-state index contributed by atoms with van der Waals surface area (Å²) >= 11 is 0. The van der Waals surface area contributed by atoms with Crippen LogP contribution in [0.5, 0.6) is 11.5 Å². The second kappa shape index (κ2) is 9.99. The molecule has 0 aliphatic carbocycles. The number of ether oxygens (including phenoxy) is 1. The normalized spacial score (nSPS) is 15.9. The van der Waals surface area contributed by atoms with Crippen molar-refractivity contribution >= 4 is 22.6 Å². The van der Waals surface area contributed by atoms with Crippen LogP contribution in [0.4, 0.5) is 5.82 Å². The Morgan fingerprint density at radius 1 is 1.19 bits per heavy atom. The van der Waals surface area contributed by atoms with E-state index in [0.29, 0.717) is 48.3 Å². The molecule has 1 fully saturated rings. The summed E-state index contributed by atoms with van der Waals surface area (Å²) in [4.78, 5) is 27.4. The first-order valence-electron chi connectivity index (χ1n) is 12.0. The number of hydrogen-bond donors (Lipinski definition) is 2. The number of nitrogens with zero attached hydrogens (tertiary/aromatic N) is 5. The third kappa shape index (κ3) is 4.54. The van der Waals surface area contributed by atoms with Crippen molar-refractivity contribution in [2.75, 3.05) is 18.8 Å². The highest BCUT2D eigenvalue weighted by Crippen LogP contribution is 2.34. The van der Waals surface area contributed by atoms with E-state index in [0.717, 1.165) is 11.3 Å². The molecule has 0 bridgehead atoms. The van der Waals surface area contributed by atoms with Gasteiger partial charge in [-0.15, -0.1) is 0 Å². The molecule has 0 saturated carbocycles. The van der Waals surface area contributed by atoms with Gasteiger partial charge in [-0.05, 0) is 56.2 Å². The number of likely N-dealkylation sites (tertiary alicyclic amines) is 1. The van der Waals surface area contributed by atoms with Gasteiger partial charge < -0.3 is 15.4 Å². The van der Waals surface area contributed by atoms with E-state index in [2.05, 4.69) is 10.2 Å². The first-order chi connectivity index (χ1) is 18.0. The Balaban J connectivity index is 1.52. The Morgan fingerprint density at radius 3 is 2.62 bits per heavy atom. The third-order valence-corrected chi connectivity index (χ3v) is 6.44. The summed E-state index contributed by atoms with van der Waals surface area (Å²) in [5, 5.41) is 21.0. The molecule has 0 spiro atoms. The molecule has 3 N–H and O–H groups in total. The standard InChI is InChI=1S/C27H25N7O3/c1-2-17(15-28)27(36)33-14-6-7-19(16-33)34-24-22(25(29)30-31-26(24)35)23(32-34)18-10-12-21(13-11-18)37-20-8-4-3-5-9-20/h2-5,8-13,19H,6-7,14,16H2,1H3,(H2,29,30)(H,31,35)/b17-2+/t19-/m1/s1. The summed E-state index contributed by atoms with van der Waals surface area (Å²) in [6.07, 6.45) is 2.93. The summed E-state index contributed by atoms with van der Waals surface area (Å²) in [7, 11) is 0. The quantitative estimate of drug-likeness (QED) is 0.317. The molecule has 1 aliphatic rings. The lowest BCUT2D eigenvalue weighted by Gasteiger charge is -2.32. The van der Waals surface area contributed by atoms with E-state index in [1.165, 1.54) is 6.08 Å². The molecule has 0 unspecified atom stereocenters. The molecular weight excluding hydrogens is 470 g/mol. The monoisotopic (exact) mass is 495 g/mol. The zero-order valence-electron chi connectivity index (χ0n) is 20.2. The summed E-state index contributed by atoms with van der Waals surface area (Å²) in [5.74, 6) is 1.21.